The zero-order valence-corrected chi connectivity index (χ0v) is 37.8. The number of rotatable bonds is 8. The van der Waals surface area contributed by atoms with Crippen molar-refractivity contribution in [3.63, 3.8) is 0 Å². The van der Waals surface area contributed by atoms with E-state index in [2.05, 4.69) is 24.0 Å². The van der Waals surface area contributed by atoms with Crippen molar-refractivity contribution in [2.45, 2.75) is 94.5 Å². The number of thioether (sulfide) groups is 2. The number of fused-ring (bicyclic) bond motifs is 2. The number of piperazine rings is 1. The molecule has 2 aromatic heterocycles. The second-order valence-corrected chi connectivity index (χ2v) is 19.3. The fourth-order valence-corrected chi connectivity index (χ4v) is 7.62. The summed E-state index contributed by atoms with van der Waals surface area (Å²) in [5.74, 6) is 0.443. The van der Waals surface area contributed by atoms with E-state index in [0.29, 0.717) is 31.2 Å². The smallest absolute Gasteiger partial charge is 0.444 e. The van der Waals surface area contributed by atoms with Crippen molar-refractivity contribution >= 4 is 57.4 Å². The predicted octanol–water partition coefficient (Wildman–Crippen LogP) is 6.22. The highest BCUT2D eigenvalue weighted by Crippen LogP contribution is 2.33. The topological polar surface area (TPSA) is 178 Å². The first kappa shape index (κ1) is 47.6. The van der Waals surface area contributed by atoms with Gasteiger partial charge < -0.3 is 28.4 Å². The highest BCUT2D eigenvalue weighted by atomic mass is 32.2. The van der Waals surface area contributed by atoms with Gasteiger partial charge in [0.2, 0.25) is 5.88 Å². The molecule has 0 bridgehead atoms. The van der Waals surface area contributed by atoms with Crippen LogP contribution in [0.25, 0.3) is 0 Å². The summed E-state index contributed by atoms with van der Waals surface area (Å²) in [6.45, 7) is 15.4. The van der Waals surface area contributed by atoms with E-state index in [1.165, 1.54) is 16.7 Å². The largest absolute Gasteiger partial charge is 0.534 e. The molecule has 2 amide bonds. The van der Waals surface area contributed by atoms with Gasteiger partial charge in [-0.1, -0.05) is 53.9 Å². The Labute approximate surface area is 362 Å². The minimum Gasteiger partial charge on any atom is -0.444 e. The molecule has 0 spiro atoms. The van der Waals surface area contributed by atoms with E-state index in [4.69, 9.17) is 19.4 Å². The maximum atomic E-state index is 12.6. The van der Waals surface area contributed by atoms with E-state index in [1.807, 2.05) is 57.4 Å². The van der Waals surface area contributed by atoms with Gasteiger partial charge in [-0.15, -0.1) is 0 Å². The number of halogens is 3. The summed E-state index contributed by atoms with van der Waals surface area (Å²) in [5, 5.41) is 0.730. The first-order valence-corrected chi connectivity index (χ1v) is 23.2. The van der Waals surface area contributed by atoms with E-state index >= 15 is 0 Å². The lowest BCUT2D eigenvalue weighted by Crippen LogP contribution is -2.49. The molecule has 3 aromatic rings. The molecule has 0 aliphatic carbocycles. The Balaban J connectivity index is 0.000000238. The van der Waals surface area contributed by atoms with Gasteiger partial charge in [0.1, 0.15) is 17.0 Å². The number of anilines is 1. The standard InChI is InChI=1S/C25H33N5O3S.C14H18F3N3O5S2/c1-25(2,3)33-24(32)30-11-10-19-20(16-30)26-23(34-4)27-22(19)29-14-12-28(13-15-29)17-21(31)18-8-6-5-7-9-18;1-13(2,3)24-12(21)20-6-5-8-9(7-20)18-11(26-4)19-10(8)25-27(22,23)14(15,16)17/h5-9H,10-17H2,1-4H3;5-7H2,1-4H3. The Kier molecular flexibility index (Phi) is 15.1. The maximum absolute atomic E-state index is 12.6. The van der Waals surface area contributed by atoms with Crippen LogP contribution in [0.5, 0.6) is 5.88 Å². The van der Waals surface area contributed by atoms with Crippen LogP contribution in [0.4, 0.5) is 28.6 Å². The number of aromatic nitrogens is 4. The quantitative estimate of drug-likeness (QED) is 0.0818. The van der Waals surface area contributed by atoms with Crippen LogP contribution in [-0.4, -0.2) is 136 Å². The monoisotopic (exact) mass is 912 g/mol. The molecule has 0 saturated carbocycles. The third-order valence-corrected chi connectivity index (χ3v) is 11.3. The summed E-state index contributed by atoms with van der Waals surface area (Å²) in [6.07, 6.45) is 3.34. The van der Waals surface area contributed by atoms with E-state index in [1.54, 1.807) is 31.9 Å². The molecule has 0 unspecified atom stereocenters. The van der Waals surface area contributed by atoms with E-state index in [9.17, 15) is 36.0 Å². The number of carbonyl (C=O) groups excluding carboxylic acids is 3. The number of nitrogens with zero attached hydrogens (tertiary/aromatic N) is 8. The fraction of sp³-hybridized carbons (Fsp3) is 0.564. The lowest BCUT2D eigenvalue weighted by atomic mass is 10.0. The van der Waals surface area contributed by atoms with E-state index < -0.39 is 38.8 Å². The Bertz CT molecular complexity index is 2180. The molecule has 1 fully saturated rings. The number of carbonyl (C=O) groups is 3. The first-order chi connectivity index (χ1) is 28.5. The predicted molar refractivity (Wildman–Crippen MR) is 223 cm³/mol. The zero-order valence-electron chi connectivity index (χ0n) is 35.4. The van der Waals surface area contributed by atoms with Crippen molar-refractivity contribution in [2.24, 2.45) is 0 Å². The number of ketones is 1. The Morgan fingerprint density at radius 2 is 1.20 bits per heavy atom. The number of alkyl halides is 3. The Morgan fingerprint density at radius 3 is 1.69 bits per heavy atom. The molecule has 3 aliphatic rings. The van der Waals surface area contributed by atoms with Gasteiger partial charge in [-0.25, -0.2) is 24.5 Å². The van der Waals surface area contributed by atoms with Crippen molar-refractivity contribution in [3.8, 4) is 5.88 Å². The Morgan fingerprint density at radius 1 is 0.705 bits per heavy atom. The van der Waals surface area contributed by atoms with Gasteiger partial charge >= 0.3 is 27.8 Å². The van der Waals surface area contributed by atoms with Gasteiger partial charge in [-0.05, 0) is 66.9 Å². The summed E-state index contributed by atoms with van der Waals surface area (Å²) in [7, 11) is -5.87. The second kappa shape index (κ2) is 19.3. The molecule has 6 rings (SSSR count). The molecule has 0 N–H and O–H groups in total. The van der Waals surface area contributed by atoms with Crippen LogP contribution < -0.4 is 9.08 Å². The Hall–Kier alpha value is -4.41. The van der Waals surface area contributed by atoms with Crippen molar-refractivity contribution in [1.29, 1.82) is 0 Å². The molecule has 16 nitrogen and oxygen atoms in total. The third-order valence-electron chi connectivity index (χ3n) is 9.30. The fourth-order valence-electron chi connectivity index (χ4n) is 6.43. The number of benzene rings is 1. The summed E-state index contributed by atoms with van der Waals surface area (Å²) in [4.78, 5) is 62.4. The first-order valence-electron chi connectivity index (χ1n) is 19.4. The second-order valence-electron chi connectivity index (χ2n) is 16.2. The lowest BCUT2D eigenvalue weighted by molar-refractivity contribution is -0.0502. The molecular formula is C39H51F3N8O8S3. The summed E-state index contributed by atoms with van der Waals surface area (Å²) >= 11 is 2.50. The molecule has 334 valence electrons. The average Bonchev–Trinajstić information content (AvgIpc) is 3.19. The third kappa shape index (κ3) is 12.8. The minimum atomic E-state index is -5.87. The SMILES string of the molecule is CSc1nc2c(c(N3CCN(CC(=O)c4ccccc4)CC3)n1)CCN(C(=O)OC(C)(C)C)C2.CSc1nc2c(c(OS(=O)(=O)C(F)(F)F)n1)CCN(C(=O)OC(C)(C)C)C2. The van der Waals surface area contributed by atoms with Gasteiger partial charge in [0.15, 0.2) is 16.1 Å². The minimum absolute atomic E-state index is 0.0198. The van der Waals surface area contributed by atoms with Crippen LogP contribution in [0.3, 0.4) is 0 Å². The van der Waals surface area contributed by atoms with Crippen molar-refractivity contribution in [2.75, 3.05) is 63.2 Å². The lowest BCUT2D eigenvalue weighted by Gasteiger charge is -2.37. The normalized spacial score (nSPS) is 16.1. The highest BCUT2D eigenvalue weighted by molar-refractivity contribution is 7.98. The molecule has 1 aromatic carbocycles. The van der Waals surface area contributed by atoms with Gasteiger partial charge in [0.25, 0.3) is 0 Å². The number of Topliss-reactive ketones (excluding diaryl/α,β-unsaturated/α-hetero) is 1. The zero-order chi connectivity index (χ0) is 44.9. The molecule has 3 aliphatic heterocycles. The number of hydrogen-bond donors (Lipinski definition) is 0. The van der Waals surface area contributed by atoms with Gasteiger partial charge in [0.05, 0.1) is 31.0 Å². The number of amides is 2. The van der Waals surface area contributed by atoms with E-state index in [-0.39, 0.29) is 47.8 Å². The van der Waals surface area contributed by atoms with Crippen LogP contribution in [0.2, 0.25) is 0 Å². The van der Waals surface area contributed by atoms with E-state index in [0.717, 1.165) is 60.6 Å². The average molecular weight is 913 g/mol. The summed E-state index contributed by atoms with van der Waals surface area (Å²) < 4.78 is 75.6. The van der Waals surface area contributed by atoms with Crippen LogP contribution in [-0.2, 0) is 45.5 Å². The molecule has 1 saturated heterocycles. The molecule has 5 heterocycles. The van der Waals surface area contributed by atoms with Gasteiger partial charge in [0, 0.05) is 56.0 Å². The highest BCUT2D eigenvalue weighted by Gasteiger charge is 2.49. The van der Waals surface area contributed by atoms with Crippen LogP contribution in [0, 0.1) is 0 Å². The van der Waals surface area contributed by atoms with Crippen molar-refractivity contribution in [3.05, 3.63) is 58.4 Å². The molecule has 22 heteroatoms. The number of ether oxygens (including phenoxy) is 2. The van der Waals surface area contributed by atoms with Crippen LogP contribution in [0.15, 0.2) is 40.6 Å². The summed E-state index contributed by atoms with van der Waals surface area (Å²) in [6, 6.07) is 9.47. The maximum Gasteiger partial charge on any atom is 0.534 e. The summed E-state index contributed by atoms with van der Waals surface area (Å²) in [5.41, 5.74) is -3.74. The molecule has 0 atom stereocenters. The molecular weight excluding hydrogens is 862 g/mol. The van der Waals surface area contributed by atoms with Crippen LogP contribution >= 0.6 is 23.5 Å². The van der Waals surface area contributed by atoms with Gasteiger partial charge in [-0.2, -0.15) is 26.6 Å². The van der Waals surface area contributed by atoms with Crippen molar-refractivity contribution in [1.82, 2.24) is 34.6 Å². The van der Waals surface area contributed by atoms with Crippen LogP contribution in [0.1, 0.15) is 74.4 Å². The molecule has 61 heavy (non-hydrogen) atoms. The van der Waals surface area contributed by atoms with Gasteiger partial charge in [-0.3, -0.25) is 9.69 Å². The number of hydrogen-bond acceptors (Lipinski definition) is 16. The molecule has 0 radical (unpaired) electrons. The van der Waals surface area contributed by atoms with Crippen molar-refractivity contribution < 1.29 is 49.6 Å².